The minimum Gasteiger partial charge on any atom is -0.387 e. The zero-order chi connectivity index (χ0) is 15.0. The van der Waals surface area contributed by atoms with Crippen molar-refractivity contribution >= 4 is 17.2 Å². The summed E-state index contributed by atoms with van der Waals surface area (Å²) in [6.45, 7) is 7.53. The van der Waals surface area contributed by atoms with E-state index in [9.17, 15) is 0 Å². The van der Waals surface area contributed by atoms with Gasteiger partial charge >= 0.3 is 0 Å². The summed E-state index contributed by atoms with van der Waals surface area (Å²) in [6.07, 6.45) is 5.77. The molecule has 2 fully saturated rings. The van der Waals surface area contributed by atoms with Gasteiger partial charge in [0, 0.05) is 50.9 Å². The molecule has 1 spiro atoms. The highest BCUT2D eigenvalue weighted by Gasteiger charge is 2.43. The predicted molar refractivity (Wildman–Crippen MR) is 88.0 cm³/mol. The van der Waals surface area contributed by atoms with Crippen LogP contribution in [-0.2, 0) is 11.4 Å². The van der Waals surface area contributed by atoms with Crippen molar-refractivity contribution in [2.45, 2.75) is 51.2 Å². The van der Waals surface area contributed by atoms with Crippen LogP contribution in [0.25, 0.3) is 0 Å². The molecule has 120 valence electrons. The van der Waals surface area contributed by atoms with E-state index in [2.05, 4.69) is 32.2 Å². The fourth-order valence-corrected chi connectivity index (χ4v) is 4.35. The van der Waals surface area contributed by atoms with Crippen LogP contribution in [0, 0.1) is 6.92 Å². The minimum absolute atomic E-state index is 0.0214. The summed E-state index contributed by atoms with van der Waals surface area (Å²) in [4.78, 5) is 15.4. The van der Waals surface area contributed by atoms with Crippen molar-refractivity contribution < 1.29 is 4.84 Å². The standard InChI is InChI=1S/C16H24N4OS/c1-13-17-14(12-22-13)11-19-8-4-16(5-9-19)10-15(18-21-16)20-6-2-3-7-20/h12H,2-11H2,1H3. The van der Waals surface area contributed by atoms with Crippen LogP contribution in [-0.4, -0.2) is 52.4 Å². The molecule has 0 unspecified atom stereocenters. The van der Waals surface area contributed by atoms with Gasteiger partial charge in [-0.3, -0.25) is 4.90 Å². The summed E-state index contributed by atoms with van der Waals surface area (Å²) in [5.41, 5.74) is 1.19. The van der Waals surface area contributed by atoms with Crippen molar-refractivity contribution in [2.75, 3.05) is 26.2 Å². The van der Waals surface area contributed by atoms with Gasteiger partial charge < -0.3 is 9.74 Å². The second-order valence-electron chi connectivity index (χ2n) is 6.79. The molecule has 6 heteroatoms. The van der Waals surface area contributed by atoms with Gasteiger partial charge in [0.2, 0.25) is 0 Å². The fraction of sp³-hybridized carbons (Fsp3) is 0.750. The van der Waals surface area contributed by atoms with E-state index >= 15 is 0 Å². The molecule has 0 atom stereocenters. The van der Waals surface area contributed by atoms with Crippen LogP contribution in [0.1, 0.15) is 42.8 Å². The van der Waals surface area contributed by atoms with E-state index in [0.29, 0.717) is 0 Å². The van der Waals surface area contributed by atoms with Gasteiger partial charge in [0.25, 0.3) is 0 Å². The zero-order valence-corrected chi connectivity index (χ0v) is 14.1. The first-order valence-corrected chi connectivity index (χ1v) is 9.24. The molecule has 1 aromatic rings. The molecule has 0 bridgehead atoms. The molecule has 0 N–H and O–H groups in total. The van der Waals surface area contributed by atoms with Gasteiger partial charge in [0.1, 0.15) is 11.4 Å². The lowest BCUT2D eigenvalue weighted by atomic mass is 9.88. The van der Waals surface area contributed by atoms with Crippen LogP contribution < -0.4 is 0 Å². The third-order valence-electron chi connectivity index (χ3n) is 5.12. The summed E-state index contributed by atoms with van der Waals surface area (Å²) in [5.74, 6) is 1.20. The summed E-state index contributed by atoms with van der Waals surface area (Å²) in [6, 6.07) is 0. The lowest BCUT2D eigenvalue weighted by Gasteiger charge is -2.37. The van der Waals surface area contributed by atoms with Gasteiger partial charge in [0.15, 0.2) is 0 Å². The van der Waals surface area contributed by atoms with Crippen LogP contribution in [0.15, 0.2) is 10.5 Å². The molecular formula is C16H24N4OS. The normalized spacial score (nSPS) is 24.8. The SMILES string of the molecule is Cc1nc(CN2CCC3(CC2)CC(N2CCCC2)=NO3)cs1. The number of hydrogen-bond donors (Lipinski definition) is 0. The fourth-order valence-electron chi connectivity index (χ4n) is 3.74. The molecule has 22 heavy (non-hydrogen) atoms. The van der Waals surface area contributed by atoms with Crippen molar-refractivity contribution in [3.63, 3.8) is 0 Å². The topological polar surface area (TPSA) is 41.0 Å². The Morgan fingerprint density at radius 1 is 1.23 bits per heavy atom. The first kappa shape index (κ1) is 14.5. The molecule has 3 aliphatic rings. The number of aromatic nitrogens is 1. The third kappa shape index (κ3) is 2.86. The van der Waals surface area contributed by atoms with Crippen LogP contribution in [0.2, 0.25) is 0 Å². The summed E-state index contributed by atoms with van der Waals surface area (Å²) in [5, 5.41) is 7.76. The second-order valence-corrected chi connectivity index (χ2v) is 7.85. The van der Waals surface area contributed by atoms with E-state index in [1.807, 2.05) is 0 Å². The first-order valence-electron chi connectivity index (χ1n) is 8.36. The van der Waals surface area contributed by atoms with Crippen molar-refractivity contribution in [3.05, 3.63) is 16.1 Å². The highest BCUT2D eigenvalue weighted by Crippen LogP contribution is 2.36. The minimum atomic E-state index is -0.0214. The molecule has 0 radical (unpaired) electrons. The molecular weight excluding hydrogens is 296 g/mol. The lowest BCUT2D eigenvalue weighted by molar-refractivity contribution is -0.0628. The molecule has 4 heterocycles. The van der Waals surface area contributed by atoms with E-state index in [4.69, 9.17) is 4.84 Å². The Kier molecular flexibility index (Phi) is 3.82. The van der Waals surface area contributed by atoms with E-state index in [-0.39, 0.29) is 5.60 Å². The number of piperidine rings is 1. The summed E-state index contributed by atoms with van der Waals surface area (Å²) in [7, 11) is 0. The Balaban J connectivity index is 1.30. The number of hydrogen-bond acceptors (Lipinski definition) is 6. The van der Waals surface area contributed by atoms with E-state index in [1.54, 1.807) is 11.3 Å². The van der Waals surface area contributed by atoms with E-state index < -0.39 is 0 Å². The first-order chi connectivity index (χ1) is 10.7. The Bertz CT molecular complexity index is 556. The van der Waals surface area contributed by atoms with Crippen molar-refractivity contribution in [3.8, 4) is 0 Å². The van der Waals surface area contributed by atoms with Gasteiger partial charge in [-0.1, -0.05) is 5.16 Å². The number of amidine groups is 1. The largest absolute Gasteiger partial charge is 0.387 e. The highest BCUT2D eigenvalue weighted by atomic mass is 32.1. The molecule has 1 aromatic heterocycles. The Morgan fingerprint density at radius 3 is 2.68 bits per heavy atom. The maximum Gasteiger partial charge on any atom is 0.148 e. The molecule has 0 amide bonds. The zero-order valence-electron chi connectivity index (χ0n) is 13.3. The number of thiazole rings is 1. The summed E-state index contributed by atoms with van der Waals surface area (Å²) < 4.78 is 0. The highest BCUT2D eigenvalue weighted by molar-refractivity contribution is 7.09. The summed E-state index contributed by atoms with van der Waals surface area (Å²) >= 11 is 1.74. The van der Waals surface area contributed by atoms with E-state index in [1.165, 1.54) is 24.4 Å². The number of likely N-dealkylation sites (tertiary alicyclic amines) is 2. The maximum absolute atomic E-state index is 5.92. The Hall–Kier alpha value is -1.14. The molecule has 0 aliphatic carbocycles. The number of oxime groups is 1. The average Bonchev–Trinajstić information content (AvgIpc) is 3.23. The predicted octanol–water partition coefficient (Wildman–Crippen LogP) is 2.62. The van der Waals surface area contributed by atoms with Gasteiger partial charge in [-0.15, -0.1) is 11.3 Å². The Labute approximate surface area is 136 Å². The second kappa shape index (κ2) is 5.81. The van der Waals surface area contributed by atoms with Crippen LogP contribution in [0.5, 0.6) is 0 Å². The number of rotatable bonds is 2. The smallest absolute Gasteiger partial charge is 0.148 e. The average molecular weight is 320 g/mol. The molecule has 4 rings (SSSR count). The maximum atomic E-state index is 5.92. The molecule has 3 aliphatic heterocycles. The monoisotopic (exact) mass is 320 g/mol. The third-order valence-corrected chi connectivity index (χ3v) is 5.94. The van der Waals surface area contributed by atoms with E-state index in [0.717, 1.165) is 57.0 Å². The van der Waals surface area contributed by atoms with Gasteiger partial charge in [-0.05, 0) is 19.8 Å². The number of nitrogens with zero attached hydrogens (tertiary/aromatic N) is 4. The molecule has 0 saturated carbocycles. The quantitative estimate of drug-likeness (QED) is 0.840. The van der Waals surface area contributed by atoms with Crippen LogP contribution in [0.3, 0.4) is 0 Å². The number of aryl methyl sites for hydroxylation is 1. The van der Waals surface area contributed by atoms with Crippen LogP contribution >= 0.6 is 11.3 Å². The van der Waals surface area contributed by atoms with Crippen molar-refractivity contribution in [1.29, 1.82) is 0 Å². The Morgan fingerprint density at radius 2 is 2.00 bits per heavy atom. The van der Waals surface area contributed by atoms with Crippen molar-refractivity contribution in [1.82, 2.24) is 14.8 Å². The van der Waals surface area contributed by atoms with Crippen LogP contribution in [0.4, 0.5) is 0 Å². The van der Waals surface area contributed by atoms with Gasteiger partial charge in [-0.2, -0.15) is 0 Å². The van der Waals surface area contributed by atoms with Crippen molar-refractivity contribution in [2.24, 2.45) is 5.16 Å². The van der Waals surface area contributed by atoms with Gasteiger partial charge in [-0.25, -0.2) is 4.98 Å². The molecule has 5 nitrogen and oxygen atoms in total. The van der Waals surface area contributed by atoms with Gasteiger partial charge in [0.05, 0.1) is 17.1 Å². The molecule has 0 aromatic carbocycles. The lowest BCUT2D eigenvalue weighted by Crippen LogP contribution is -2.45. The molecule has 2 saturated heterocycles.